The first-order valence-electron chi connectivity index (χ1n) is 5.65. The van der Waals surface area contributed by atoms with E-state index in [4.69, 9.17) is 11.6 Å². The summed E-state index contributed by atoms with van der Waals surface area (Å²) >= 11 is 5.79. The number of hydrogen-bond acceptors (Lipinski definition) is 3. The van der Waals surface area contributed by atoms with Crippen LogP contribution in [0.3, 0.4) is 0 Å². The standard InChI is InChI=1S/C10H17ClN4/c1-8(9-5-3-2-4-6-9)15-10(7-11)12-13-14-15/h8-9H,2-7H2,1H3. The zero-order valence-corrected chi connectivity index (χ0v) is 9.82. The number of nitrogens with zero attached hydrogens (tertiary/aromatic N) is 4. The van der Waals surface area contributed by atoms with E-state index in [0.717, 1.165) is 5.82 Å². The van der Waals surface area contributed by atoms with Gasteiger partial charge in [0.05, 0.1) is 11.9 Å². The molecule has 1 heterocycles. The summed E-state index contributed by atoms with van der Waals surface area (Å²) in [6, 6.07) is 0.383. The largest absolute Gasteiger partial charge is 0.225 e. The average molecular weight is 229 g/mol. The van der Waals surface area contributed by atoms with Gasteiger partial charge < -0.3 is 0 Å². The van der Waals surface area contributed by atoms with Gasteiger partial charge in [0, 0.05) is 0 Å². The monoisotopic (exact) mass is 228 g/mol. The van der Waals surface area contributed by atoms with Gasteiger partial charge in [0.15, 0.2) is 5.82 Å². The van der Waals surface area contributed by atoms with Gasteiger partial charge in [-0.2, -0.15) is 0 Å². The Morgan fingerprint density at radius 2 is 2.13 bits per heavy atom. The number of rotatable bonds is 3. The third kappa shape index (κ3) is 2.30. The van der Waals surface area contributed by atoms with Crippen LogP contribution in [0, 0.1) is 5.92 Å². The van der Waals surface area contributed by atoms with Crippen LogP contribution in [0.4, 0.5) is 0 Å². The van der Waals surface area contributed by atoms with Gasteiger partial charge in [0.25, 0.3) is 0 Å². The Balaban J connectivity index is 2.08. The van der Waals surface area contributed by atoms with E-state index in [1.54, 1.807) is 0 Å². The Kier molecular flexibility index (Phi) is 3.57. The van der Waals surface area contributed by atoms with Crippen molar-refractivity contribution in [2.75, 3.05) is 0 Å². The predicted molar refractivity (Wildman–Crippen MR) is 58.7 cm³/mol. The molecule has 0 amide bonds. The Hall–Kier alpha value is -0.640. The lowest BCUT2D eigenvalue weighted by Crippen LogP contribution is -2.21. The van der Waals surface area contributed by atoms with Crippen LogP contribution >= 0.6 is 11.6 Å². The molecule has 1 saturated carbocycles. The van der Waals surface area contributed by atoms with Crippen LogP contribution in [-0.4, -0.2) is 20.2 Å². The molecule has 5 heteroatoms. The van der Waals surface area contributed by atoms with Crippen LogP contribution in [0.1, 0.15) is 50.9 Å². The van der Waals surface area contributed by atoms with Crippen molar-refractivity contribution in [2.45, 2.75) is 50.9 Å². The molecule has 1 unspecified atom stereocenters. The topological polar surface area (TPSA) is 43.6 Å². The molecular formula is C10H17ClN4. The molecule has 4 nitrogen and oxygen atoms in total. The smallest absolute Gasteiger partial charge is 0.166 e. The Labute approximate surface area is 95.0 Å². The molecule has 1 aliphatic carbocycles. The van der Waals surface area contributed by atoms with Crippen LogP contribution < -0.4 is 0 Å². The minimum Gasteiger partial charge on any atom is -0.225 e. The fraction of sp³-hybridized carbons (Fsp3) is 0.900. The van der Waals surface area contributed by atoms with E-state index >= 15 is 0 Å². The number of tetrazole rings is 1. The van der Waals surface area contributed by atoms with Crippen molar-refractivity contribution in [1.29, 1.82) is 0 Å². The maximum atomic E-state index is 5.79. The summed E-state index contributed by atoms with van der Waals surface area (Å²) in [5, 5.41) is 11.6. The van der Waals surface area contributed by atoms with Gasteiger partial charge in [-0.05, 0) is 36.1 Å². The molecule has 1 aromatic rings. The first-order valence-corrected chi connectivity index (χ1v) is 6.19. The van der Waals surface area contributed by atoms with Gasteiger partial charge in [-0.25, -0.2) is 4.68 Å². The minimum absolute atomic E-state index is 0.383. The highest BCUT2D eigenvalue weighted by atomic mass is 35.5. The summed E-state index contributed by atoms with van der Waals surface area (Å²) in [5.74, 6) is 1.89. The van der Waals surface area contributed by atoms with Gasteiger partial charge in [-0.15, -0.1) is 16.7 Å². The third-order valence-electron chi connectivity index (χ3n) is 3.40. The van der Waals surface area contributed by atoms with Crippen molar-refractivity contribution in [3.05, 3.63) is 5.82 Å². The van der Waals surface area contributed by atoms with E-state index in [0.29, 0.717) is 17.8 Å². The van der Waals surface area contributed by atoms with Gasteiger partial charge in [0.2, 0.25) is 0 Å². The molecule has 0 radical (unpaired) electrons. The molecule has 2 rings (SSSR count). The molecule has 15 heavy (non-hydrogen) atoms. The molecule has 1 atom stereocenters. The quantitative estimate of drug-likeness (QED) is 0.747. The van der Waals surface area contributed by atoms with Gasteiger partial charge in [-0.3, -0.25) is 0 Å². The minimum atomic E-state index is 0.383. The second-order valence-electron chi connectivity index (χ2n) is 4.31. The SMILES string of the molecule is CC(C1CCCCC1)n1nnnc1CCl. The van der Waals surface area contributed by atoms with Gasteiger partial charge in [0.1, 0.15) is 0 Å². The Morgan fingerprint density at radius 3 is 2.80 bits per heavy atom. The van der Waals surface area contributed by atoms with Crippen molar-refractivity contribution < 1.29 is 0 Å². The summed E-state index contributed by atoms with van der Waals surface area (Å²) in [4.78, 5) is 0. The van der Waals surface area contributed by atoms with E-state index in [2.05, 4.69) is 22.4 Å². The number of hydrogen-bond donors (Lipinski definition) is 0. The first-order chi connectivity index (χ1) is 7.33. The van der Waals surface area contributed by atoms with E-state index < -0.39 is 0 Å². The maximum Gasteiger partial charge on any atom is 0.166 e. The van der Waals surface area contributed by atoms with Crippen LogP contribution in [-0.2, 0) is 5.88 Å². The Morgan fingerprint density at radius 1 is 1.40 bits per heavy atom. The molecule has 0 N–H and O–H groups in total. The van der Waals surface area contributed by atoms with Crippen LogP contribution in [0.25, 0.3) is 0 Å². The highest BCUT2D eigenvalue weighted by Crippen LogP contribution is 2.32. The normalized spacial score (nSPS) is 20.4. The Bertz CT molecular complexity index is 306. The predicted octanol–water partition coefficient (Wildman–Crippen LogP) is 2.55. The van der Waals surface area contributed by atoms with Crippen LogP contribution in [0.5, 0.6) is 0 Å². The summed E-state index contributed by atoms with van der Waals surface area (Å²) in [5.41, 5.74) is 0. The molecule has 0 aliphatic heterocycles. The lowest BCUT2D eigenvalue weighted by atomic mass is 9.84. The molecule has 1 fully saturated rings. The summed E-state index contributed by atoms with van der Waals surface area (Å²) < 4.78 is 1.89. The maximum absolute atomic E-state index is 5.79. The van der Waals surface area contributed by atoms with E-state index in [1.165, 1.54) is 32.1 Å². The number of alkyl halides is 1. The molecule has 1 aliphatic rings. The van der Waals surface area contributed by atoms with Crippen LogP contribution in [0.15, 0.2) is 0 Å². The fourth-order valence-corrected chi connectivity index (χ4v) is 2.61. The fourth-order valence-electron chi connectivity index (χ4n) is 2.43. The molecule has 0 spiro atoms. The molecule has 1 aromatic heterocycles. The van der Waals surface area contributed by atoms with Crippen molar-refractivity contribution in [3.63, 3.8) is 0 Å². The van der Waals surface area contributed by atoms with E-state index in [-0.39, 0.29) is 0 Å². The zero-order chi connectivity index (χ0) is 10.7. The first kappa shape index (κ1) is 10.9. The highest BCUT2D eigenvalue weighted by molar-refractivity contribution is 6.16. The van der Waals surface area contributed by atoms with Crippen molar-refractivity contribution in [1.82, 2.24) is 20.2 Å². The second-order valence-corrected chi connectivity index (χ2v) is 4.58. The van der Waals surface area contributed by atoms with E-state index in [1.807, 2.05) is 4.68 Å². The molecule has 0 aromatic carbocycles. The summed E-state index contributed by atoms with van der Waals surface area (Å²) in [6.07, 6.45) is 6.65. The van der Waals surface area contributed by atoms with Gasteiger partial charge in [-0.1, -0.05) is 19.3 Å². The van der Waals surface area contributed by atoms with E-state index in [9.17, 15) is 0 Å². The lowest BCUT2D eigenvalue weighted by molar-refractivity contribution is 0.244. The average Bonchev–Trinajstić information content (AvgIpc) is 2.77. The molecule has 0 bridgehead atoms. The third-order valence-corrected chi connectivity index (χ3v) is 3.64. The molecule has 84 valence electrons. The van der Waals surface area contributed by atoms with Crippen LogP contribution in [0.2, 0.25) is 0 Å². The molecule has 0 saturated heterocycles. The molecular weight excluding hydrogens is 212 g/mol. The zero-order valence-electron chi connectivity index (χ0n) is 9.06. The van der Waals surface area contributed by atoms with Crippen molar-refractivity contribution in [2.24, 2.45) is 5.92 Å². The summed E-state index contributed by atoms with van der Waals surface area (Å²) in [6.45, 7) is 2.20. The highest BCUT2D eigenvalue weighted by Gasteiger charge is 2.23. The lowest BCUT2D eigenvalue weighted by Gasteiger charge is -2.27. The van der Waals surface area contributed by atoms with Crippen molar-refractivity contribution in [3.8, 4) is 0 Å². The van der Waals surface area contributed by atoms with Gasteiger partial charge >= 0.3 is 0 Å². The number of halogens is 1. The summed E-state index contributed by atoms with van der Waals surface area (Å²) in [7, 11) is 0. The number of aromatic nitrogens is 4. The van der Waals surface area contributed by atoms with Crippen molar-refractivity contribution >= 4 is 11.6 Å². The second kappa shape index (κ2) is 4.92.